The first-order valence-electron chi connectivity index (χ1n) is 12.9. The Morgan fingerprint density at radius 3 is 2.85 bits per heavy atom. The number of likely N-dealkylation sites (N-methyl/N-ethyl adjacent to an activating group) is 1. The summed E-state index contributed by atoms with van der Waals surface area (Å²) in [7, 11) is 1.74. The number of aromatic amines is 1. The molecule has 39 heavy (non-hydrogen) atoms. The molecule has 3 amide bonds. The minimum atomic E-state index is -0.522. The number of carbonyl (C=O) groups excluding carboxylic acids is 3. The van der Waals surface area contributed by atoms with Gasteiger partial charge in [-0.05, 0) is 62.1 Å². The predicted molar refractivity (Wildman–Crippen MR) is 145 cm³/mol. The Kier molecular flexibility index (Phi) is 7.83. The van der Waals surface area contributed by atoms with Crippen molar-refractivity contribution in [1.82, 2.24) is 14.9 Å². The van der Waals surface area contributed by atoms with Crippen LogP contribution >= 0.6 is 11.6 Å². The van der Waals surface area contributed by atoms with Crippen molar-refractivity contribution in [3.05, 3.63) is 64.8 Å². The Hall–Kier alpha value is -3.92. The molecular formula is C28H29ClFN5O4. The van der Waals surface area contributed by atoms with Crippen LogP contribution in [0.5, 0.6) is 0 Å². The number of imidazole rings is 1. The quantitative estimate of drug-likeness (QED) is 0.358. The summed E-state index contributed by atoms with van der Waals surface area (Å²) in [5.41, 5.74) is 3.02. The molecule has 1 unspecified atom stereocenters. The molecule has 3 aromatic rings. The lowest BCUT2D eigenvalue weighted by atomic mass is 9.97. The molecule has 2 aliphatic heterocycles. The van der Waals surface area contributed by atoms with Crippen LogP contribution in [-0.2, 0) is 14.3 Å². The topological polar surface area (TPSA) is 116 Å². The molecule has 2 aliphatic rings. The van der Waals surface area contributed by atoms with Gasteiger partial charge >= 0.3 is 6.09 Å². The normalized spacial score (nSPS) is 18.8. The van der Waals surface area contributed by atoms with Gasteiger partial charge in [-0.1, -0.05) is 18.0 Å². The van der Waals surface area contributed by atoms with Crippen molar-refractivity contribution >= 4 is 40.9 Å². The highest BCUT2D eigenvalue weighted by Crippen LogP contribution is 2.36. The van der Waals surface area contributed by atoms with Crippen molar-refractivity contribution in [3.8, 4) is 11.3 Å². The molecule has 2 atom stereocenters. The lowest BCUT2D eigenvalue weighted by molar-refractivity contribution is -0.132. The molecule has 0 saturated carbocycles. The fourth-order valence-electron chi connectivity index (χ4n) is 5.08. The summed E-state index contributed by atoms with van der Waals surface area (Å²) >= 11 is 6.15. The van der Waals surface area contributed by atoms with Crippen LogP contribution in [0.1, 0.15) is 61.9 Å². The van der Waals surface area contributed by atoms with Gasteiger partial charge in [0.05, 0.1) is 29.2 Å². The van der Waals surface area contributed by atoms with Crippen LogP contribution in [0.25, 0.3) is 11.3 Å². The molecule has 9 nitrogen and oxygen atoms in total. The van der Waals surface area contributed by atoms with E-state index >= 15 is 0 Å². The predicted octanol–water partition coefficient (Wildman–Crippen LogP) is 6.01. The molecule has 0 fully saturated rings. The molecule has 11 heteroatoms. The molecule has 204 valence electrons. The molecule has 2 aromatic carbocycles. The number of hydrogen-bond donors (Lipinski definition) is 3. The van der Waals surface area contributed by atoms with Gasteiger partial charge < -0.3 is 19.9 Å². The van der Waals surface area contributed by atoms with Gasteiger partial charge in [0.2, 0.25) is 11.8 Å². The fraction of sp³-hybridized carbons (Fsp3) is 0.357. The number of carbonyl (C=O) groups is 3. The number of nitrogens with one attached hydrogen (secondary N) is 3. The van der Waals surface area contributed by atoms with E-state index in [1.54, 1.807) is 42.4 Å². The second kappa shape index (κ2) is 11.4. The Morgan fingerprint density at radius 1 is 1.15 bits per heavy atom. The molecule has 1 aromatic heterocycles. The zero-order valence-electron chi connectivity index (χ0n) is 21.4. The van der Waals surface area contributed by atoms with E-state index < -0.39 is 23.9 Å². The smallest absolute Gasteiger partial charge is 0.412 e. The molecule has 2 bridgehead atoms. The van der Waals surface area contributed by atoms with Gasteiger partial charge in [0.1, 0.15) is 17.7 Å². The van der Waals surface area contributed by atoms with Crippen molar-refractivity contribution in [2.45, 2.75) is 50.5 Å². The van der Waals surface area contributed by atoms with Crippen molar-refractivity contribution in [2.24, 2.45) is 0 Å². The van der Waals surface area contributed by atoms with Crippen LogP contribution in [0.15, 0.2) is 42.6 Å². The average Bonchev–Trinajstić information content (AvgIpc) is 3.38. The molecule has 5 rings (SSSR count). The summed E-state index contributed by atoms with van der Waals surface area (Å²) in [5, 5.41) is 6.02. The van der Waals surface area contributed by atoms with E-state index in [4.69, 9.17) is 16.3 Å². The van der Waals surface area contributed by atoms with Gasteiger partial charge in [0.15, 0.2) is 0 Å². The van der Waals surface area contributed by atoms with Crippen molar-refractivity contribution in [2.75, 3.05) is 24.2 Å². The highest BCUT2D eigenvalue weighted by Gasteiger charge is 2.29. The number of nitrogens with zero attached hydrogens (tertiary/aromatic N) is 2. The number of benzene rings is 2. The van der Waals surface area contributed by atoms with Crippen LogP contribution < -0.4 is 10.6 Å². The second-order valence-corrected chi connectivity index (χ2v) is 10.3. The molecule has 3 N–H and O–H groups in total. The third-order valence-electron chi connectivity index (χ3n) is 7.10. The van der Waals surface area contributed by atoms with Gasteiger partial charge in [0, 0.05) is 36.2 Å². The number of halogens is 2. The maximum absolute atomic E-state index is 13.9. The monoisotopic (exact) mass is 553 g/mol. The fourth-order valence-corrected chi connectivity index (χ4v) is 5.26. The summed E-state index contributed by atoms with van der Waals surface area (Å²) in [5.74, 6) is -0.751. The first kappa shape index (κ1) is 26.7. The van der Waals surface area contributed by atoms with Gasteiger partial charge in [0.25, 0.3) is 0 Å². The number of aromatic nitrogens is 2. The van der Waals surface area contributed by atoms with E-state index in [9.17, 15) is 18.8 Å². The van der Waals surface area contributed by atoms with E-state index in [0.717, 1.165) is 5.56 Å². The second-order valence-electron chi connectivity index (χ2n) is 9.87. The van der Waals surface area contributed by atoms with E-state index in [2.05, 4.69) is 20.6 Å². The standard InChI is InChI=1S/C28H29ClFN5O4/c1-35(12-4-6-24-20-13-16(29)8-11-21(20)34-28(38)39-24)27(37)19-5-2-3-7-25(36)32-22-14-17(30)9-10-18(22)23-15-31-26(19)33-23/h8-11,13-15,19,24H,2-7,12H2,1H3,(H,31,33)(H,32,36)(H,34,38)/t19?,24-/m1/s1. The molecule has 3 heterocycles. The number of fused-ring (bicyclic) bond motifs is 5. The third-order valence-corrected chi connectivity index (χ3v) is 7.33. The summed E-state index contributed by atoms with van der Waals surface area (Å²) in [4.78, 5) is 47.4. The number of amides is 3. The molecule has 0 aliphatic carbocycles. The van der Waals surface area contributed by atoms with E-state index in [1.165, 1.54) is 12.1 Å². The SMILES string of the molecule is CN(CCC[C@H]1OC(=O)Nc2ccc(Cl)cc21)C(=O)C1CCCCC(=O)Nc2cc(F)ccc2-c2cnc1[nH]2. The van der Waals surface area contributed by atoms with Crippen LogP contribution in [0.3, 0.4) is 0 Å². The van der Waals surface area contributed by atoms with Gasteiger partial charge in [-0.15, -0.1) is 0 Å². The zero-order valence-corrected chi connectivity index (χ0v) is 22.2. The third kappa shape index (κ3) is 6.06. The molecule has 0 radical (unpaired) electrons. The number of cyclic esters (lactones) is 1. The van der Waals surface area contributed by atoms with E-state index in [-0.39, 0.29) is 18.2 Å². The van der Waals surface area contributed by atoms with Crippen molar-refractivity contribution in [1.29, 1.82) is 0 Å². The lowest BCUT2D eigenvalue weighted by Gasteiger charge is -2.27. The van der Waals surface area contributed by atoms with Crippen LogP contribution in [0.2, 0.25) is 5.02 Å². The average molecular weight is 554 g/mol. The van der Waals surface area contributed by atoms with Gasteiger partial charge in [-0.25, -0.2) is 14.2 Å². The van der Waals surface area contributed by atoms with E-state index in [1.807, 2.05) is 0 Å². The Balaban J connectivity index is 1.29. The number of H-pyrrole nitrogens is 1. The maximum atomic E-state index is 13.9. The van der Waals surface area contributed by atoms with Crippen molar-refractivity contribution in [3.63, 3.8) is 0 Å². The summed E-state index contributed by atoms with van der Waals surface area (Å²) in [6.45, 7) is 0.449. The van der Waals surface area contributed by atoms with Gasteiger partial charge in [-0.3, -0.25) is 14.9 Å². The summed E-state index contributed by atoms with van der Waals surface area (Å²) in [6, 6.07) is 9.42. The number of rotatable bonds is 5. The molecular weight excluding hydrogens is 525 g/mol. The van der Waals surface area contributed by atoms with E-state index in [0.29, 0.717) is 72.1 Å². The van der Waals surface area contributed by atoms with Gasteiger partial charge in [-0.2, -0.15) is 0 Å². The first-order valence-corrected chi connectivity index (χ1v) is 13.3. The van der Waals surface area contributed by atoms with Crippen LogP contribution in [0, 0.1) is 5.82 Å². The molecule has 0 saturated heterocycles. The highest BCUT2D eigenvalue weighted by atomic mass is 35.5. The number of hydrogen-bond acceptors (Lipinski definition) is 5. The summed E-state index contributed by atoms with van der Waals surface area (Å²) in [6.07, 6.45) is 3.78. The number of anilines is 2. The largest absolute Gasteiger partial charge is 0.441 e. The Morgan fingerprint density at radius 2 is 2.00 bits per heavy atom. The minimum absolute atomic E-state index is 0.0949. The molecule has 0 spiro atoms. The maximum Gasteiger partial charge on any atom is 0.412 e. The van der Waals surface area contributed by atoms with Crippen LogP contribution in [0.4, 0.5) is 20.6 Å². The van der Waals surface area contributed by atoms with Crippen molar-refractivity contribution < 1.29 is 23.5 Å². The minimum Gasteiger partial charge on any atom is -0.441 e. The number of ether oxygens (including phenoxy) is 1. The first-order chi connectivity index (χ1) is 18.8. The Labute approximate surface area is 230 Å². The summed E-state index contributed by atoms with van der Waals surface area (Å²) < 4.78 is 19.4. The van der Waals surface area contributed by atoms with Crippen LogP contribution in [-0.4, -0.2) is 46.4 Å². The Bertz CT molecular complexity index is 1410. The highest BCUT2D eigenvalue weighted by molar-refractivity contribution is 6.30. The zero-order chi connectivity index (χ0) is 27.5. The lowest BCUT2D eigenvalue weighted by Crippen LogP contribution is -2.33.